The molecule has 0 bridgehead atoms. The predicted molar refractivity (Wildman–Crippen MR) is 77.5 cm³/mol. The minimum atomic E-state index is -1.11. The summed E-state index contributed by atoms with van der Waals surface area (Å²) in [4.78, 5) is 22.8. The summed E-state index contributed by atoms with van der Waals surface area (Å²) in [5.74, 6) is -0.695. The van der Waals surface area contributed by atoms with Gasteiger partial charge in [-0.15, -0.1) is 0 Å². The van der Waals surface area contributed by atoms with Gasteiger partial charge in [0.25, 0.3) is 0 Å². The summed E-state index contributed by atoms with van der Waals surface area (Å²) in [5.41, 5.74) is 0.990. The quantitative estimate of drug-likeness (QED) is 0.757. The van der Waals surface area contributed by atoms with Gasteiger partial charge in [0.1, 0.15) is 5.75 Å². The first kappa shape index (κ1) is 17.0. The first-order valence-electron chi connectivity index (χ1n) is 6.63. The van der Waals surface area contributed by atoms with Crippen molar-refractivity contribution in [3.05, 3.63) is 29.8 Å². The fourth-order valence-electron chi connectivity index (χ4n) is 1.92. The highest BCUT2D eigenvalue weighted by molar-refractivity contribution is 5.84. The van der Waals surface area contributed by atoms with Gasteiger partial charge < -0.3 is 19.9 Å². The fraction of sp³-hybridized carbons (Fsp3) is 0.467. The number of carboxylic acids is 1. The molecule has 0 aliphatic rings. The lowest BCUT2D eigenvalue weighted by Crippen LogP contribution is -2.44. The second-order valence-electron chi connectivity index (χ2n) is 4.79. The molecule has 2 unspecified atom stereocenters. The third-order valence-corrected chi connectivity index (χ3v) is 3.14. The van der Waals surface area contributed by atoms with E-state index in [4.69, 9.17) is 14.6 Å². The van der Waals surface area contributed by atoms with E-state index < -0.39 is 12.0 Å². The van der Waals surface area contributed by atoms with Crippen molar-refractivity contribution in [2.24, 2.45) is 0 Å². The van der Waals surface area contributed by atoms with Gasteiger partial charge in [0, 0.05) is 13.5 Å². The number of rotatable bonds is 8. The molecule has 0 radical (unpaired) electrons. The minimum Gasteiger partial charge on any atom is -0.497 e. The monoisotopic (exact) mass is 295 g/mol. The van der Waals surface area contributed by atoms with Crippen molar-refractivity contribution >= 4 is 11.9 Å². The lowest BCUT2D eigenvalue weighted by Gasteiger charge is -2.16. The third kappa shape index (κ3) is 5.43. The number of carbonyl (C=O) groups is 2. The number of nitrogens with one attached hydrogen (secondary N) is 1. The van der Waals surface area contributed by atoms with Crippen LogP contribution in [-0.2, 0) is 14.3 Å². The molecule has 0 saturated carbocycles. The summed E-state index contributed by atoms with van der Waals surface area (Å²) >= 11 is 0. The van der Waals surface area contributed by atoms with Crippen molar-refractivity contribution in [1.29, 1.82) is 0 Å². The Bertz CT molecular complexity index is 471. The number of ether oxygens (including phenoxy) is 2. The summed E-state index contributed by atoms with van der Waals surface area (Å²) in [5, 5.41) is 11.4. The van der Waals surface area contributed by atoms with Gasteiger partial charge in [-0.25, -0.2) is 4.79 Å². The number of methoxy groups -OCH3 is 2. The molecule has 2 atom stereocenters. The molecule has 0 fully saturated rings. The number of hydrogen-bond donors (Lipinski definition) is 2. The van der Waals surface area contributed by atoms with Gasteiger partial charge in [-0.3, -0.25) is 4.79 Å². The van der Waals surface area contributed by atoms with Gasteiger partial charge in [-0.1, -0.05) is 19.1 Å². The van der Waals surface area contributed by atoms with E-state index >= 15 is 0 Å². The fourth-order valence-corrected chi connectivity index (χ4v) is 1.92. The normalized spacial score (nSPS) is 13.3. The van der Waals surface area contributed by atoms with Crippen LogP contribution in [-0.4, -0.2) is 43.9 Å². The molecule has 1 rings (SSSR count). The Morgan fingerprint density at radius 1 is 1.24 bits per heavy atom. The average molecular weight is 295 g/mol. The Labute approximate surface area is 124 Å². The Balaban J connectivity index is 2.58. The molecule has 0 aliphatic heterocycles. The Hall–Kier alpha value is -2.08. The summed E-state index contributed by atoms with van der Waals surface area (Å²) in [6, 6.07) is 6.41. The Morgan fingerprint density at radius 2 is 1.86 bits per heavy atom. The SMILES string of the molecule is COCC(NC(=O)CC(C)c1ccc(OC)cc1)C(=O)O. The molecule has 1 amide bonds. The maximum absolute atomic E-state index is 11.9. The van der Waals surface area contributed by atoms with Gasteiger partial charge in [0.2, 0.25) is 5.91 Å². The number of carboxylic acid groups (broad SMARTS) is 1. The smallest absolute Gasteiger partial charge is 0.328 e. The molecule has 0 aliphatic carbocycles. The van der Waals surface area contributed by atoms with Gasteiger partial charge in [-0.05, 0) is 23.6 Å². The first-order valence-corrected chi connectivity index (χ1v) is 6.63. The van der Waals surface area contributed by atoms with E-state index in [1.807, 2.05) is 31.2 Å². The first-order chi connectivity index (χ1) is 9.97. The standard InChI is InChI=1S/C15H21NO5/c1-10(11-4-6-12(21-3)7-5-11)8-14(17)16-13(9-20-2)15(18)19/h4-7,10,13H,8-9H2,1-3H3,(H,16,17)(H,18,19). The number of amides is 1. The molecule has 6 heteroatoms. The highest BCUT2D eigenvalue weighted by Crippen LogP contribution is 2.21. The summed E-state index contributed by atoms with van der Waals surface area (Å²) < 4.78 is 9.85. The van der Waals surface area contributed by atoms with E-state index in [0.717, 1.165) is 11.3 Å². The molecule has 6 nitrogen and oxygen atoms in total. The van der Waals surface area contributed by atoms with Crippen molar-refractivity contribution < 1.29 is 24.2 Å². The van der Waals surface area contributed by atoms with Crippen LogP contribution in [0.25, 0.3) is 0 Å². The molecular formula is C15H21NO5. The van der Waals surface area contributed by atoms with E-state index in [0.29, 0.717) is 0 Å². The molecule has 1 aromatic rings. The highest BCUT2D eigenvalue weighted by Gasteiger charge is 2.21. The van der Waals surface area contributed by atoms with Crippen molar-refractivity contribution in [2.75, 3.05) is 20.8 Å². The van der Waals surface area contributed by atoms with Crippen LogP contribution < -0.4 is 10.1 Å². The Morgan fingerprint density at radius 3 is 2.33 bits per heavy atom. The largest absolute Gasteiger partial charge is 0.497 e. The van der Waals surface area contributed by atoms with Crippen LogP contribution in [0, 0.1) is 0 Å². The molecule has 0 spiro atoms. The van der Waals surface area contributed by atoms with E-state index in [1.54, 1.807) is 7.11 Å². The van der Waals surface area contributed by atoms with Gasteiger partial charge in [0.15, 0.2) is 6.04 Å². The zero-order valence-corrected chi connectivity index (χ0v) is 12.5. The van der Waals surface area contributed by atoms with E-state index in [1.165, 1.54) is 7.11 Å². The van der Waals surface area contributed by atoms with Gasteiger partial charge in [-0.2, -0.15) is 0 Å². The lowest BCUT2D eigenvalue weighted by molar-refractivity contribution is -0.143. The van der Waals surface area contributed by atoms with E-state index in [9.17, 15) is 9.59 Å². The van der Waals surface area contributed by atoms with Crippen LogP contribution in [0.3, 0.4) is 0 Å². The van der Waals surface area contributed by atoms with Crippen LogP contribution in [0.5, 0.6) is 5.75 Å². The molecule has 0 saturated heterocycles. The van der Waals surface area contributed by atoms with Crippen LogP contribution in [0.15, 0.2) is 24.3 Å². The average Bonchev–Trinajstić information content (AvgIpc) is 2.46. The molecule has 116 valence electrons. The van der Waals surface area contributed by atoms with Crippen LogP contribution in [0.2, 0.25) is 0 Å². The van der Waals surface area contributed by atoms with Crippen LogP contribution in [0.1, 0.15) is 24.8 Å². The maximum Gasteiger partial charge on any atom is 0.328 e. The molecule has 1 aromatic carbocycles. The van der Waals surface area contributed by atoms with Crippen LogP contribution in [0.4, 0.5) is 0 Å². The molecular weight excluding hydrogens is 274 g/mol. The van der Waals surface area contributed by atoms with Gasteiger partial charge in [0.05, 0.1) is 13.7 Å². The van der Waals surface area contributed by atoms with Crippen molar-refractivity contribution in [3.8, 4) is 5.75 Å². The molecule has 2 N–H and O–H groups in total. The second-order valence-corrected chi connectivity index (χ2v) is 4.79. The number of hydrogen-bond acceptors (Lipinski definition) is 4. The highest BCUT2D eigenvalue weighted by atomic mass is 16.5. The Kier molecular flexibility index (Phi) is 6.68. The zero-order chi connectivity index (χ0) is 15.8. The topological polar surface area (TPSA) is 84.9 Å². The second kappa shape index (κ2) is 8.26. The van der Waals surface area contributed by atoms with E-state index in [2.05, 4.69) is 5.32 Å². The summed E-state index contributed by atoms with van der Waals surface area (Å²) in [6.45, 7) is 1.85. The number of carbonyl (C=O) groups excluding carboxylic acids is 1. The third-order valence-electron chi connectivity index (χ3n) is 3.14. The summed E-state index contributed by atoms with van der Waals surface area (Å²) in [7, 11) is 2.98. The van der Waals surface area contributed by atoms with Gasteiger partial charge >= 0.3 is 5.97 Å². The van der Waals surface area contributed by atoms with Crippen molar-refractivity contribution in [3.63, 3.8) is 0 Å². The predicted octanol–water partition coefficient (Wildman–Crippen LogP) is 1.40. The minimum absolute atomic E-state index is 0.0205. The number of benzene rings is 1. The summed E-state index contributed by atoms with van der Waals surface area (Å²) in [6.07, 6.45) is 0.208. The molecule has 21 heavy (non-hydrogen) atoms. The molecule has 0 heterocycles. The number of aliphatic carboxylic acids is 1. The lowest BCUT2D eigenvalue weighted by atomic mass is 9.97. The maximum atomic E-state index is 11.9. The van der Waals surface area contributed by atoms with E-state index in [-0.39, 0.29) is 24.9 Å². The van der Waals surface area contributed by atoms with Crippen molar-refractivity contribution in [1.82, 2.24) is 5.32 Å². The van der Waals surface area contributed by atoms with Crippen molar-refractivity contribution in [2.45, 2.75) is 25.3 Å². The zero-order valence-electron chi connectivity index (χ0n) is 12.5. The molecule has 0 aromatic heterocycles. The van der Waals surface area contributed by atoms with Crippen LogP contribution >= 0.6 is 0 Å².